The molecule has 0 aromatic carbocycles. The molecule has 1 fully saturated rings. The van der Waals surface area contributed by atoms with Crippen molar-refractivity contribution in [2.75, 3.05) is 25.0 Å². The first kappa shape index (κ1) is 19.2. The number of hydrogen-bond acceptors (Lipinski definition) is 5. The average molecular weight is 354 g/mol. The van der Waals surface area contributed by atoms with Gasteiger partial charge in [-0.2, -0.15) is 0 Å². The molecule has 1 aliphatic heterocycles. The van der Waals surface area contributed by atoms with Gasteiger partial charge in [-0.25, -0.2) is 13.4 Å². The minimum atomic E-state index is -3.40. The molecule has 0 radical (unpaired) electrons. The molecule has 5 nitrogen and oxygen atoms in total. The van der Waals surface area contributed by atoms with Gasteiger partial charge in [0.25, 0.3) is 0 Å². The fraction of sp³-hybridized carbons (Fsp3) is 0.722. The van der Waals surface area contributed by atoms with Crippen molar-refractivity contribution in [2.24, 2.45) is 0 Å². The van der Waals surface area contributed by atoms with E-state index in [1.807, 2.05) is 6.07 Å². The Labute approximate surface area is 147 Å². The Morgan fingerprint density at radius 2 is 1.79 bits per heavy atom. The average Bonchev–Trinajstić information content (AvgIpc) is 2.53. The van der Waals surface area contributed by atoms with E-state index in [1.165, 1.54) is 0 Å². The van der Waals surface area contributed by atoms with Crippen LogP contribution in [0, 0.1) is 0 Å². The third-order valence-corrected chi connectivity index (χ3v) is 7.39. The van der Waals surface area contributed by atoms with Gasteiger partial charge in [0.2, 0.25) is 0 Å². The highest BCUT2D eigenvalue weighted by atomic mass is 32.2. The third kappa shape index (κ3) is 3.91. The van der Waals surface area contributed by atoms with Crippen molar-refractivity contribution in [3.05, 3.63) is 18.3 Å². The summed E-state index contributed by atoms with van der Waals surface area (Å²) >= 11 is 0. The molecular formula is C18H31N3O2S. The Hall–Kier alpha value is -1.14. The van der Waals surface area contributed by atoms with E-state index in [2.05, 4.69) is 35.7 Å². The van der Waals surface area contributed by atoms with Gasteiger partial charge in [-0.15, -0.1) is 0 Å². The van der Waals surface area contributed by atoms with E-state index >= 15 is 0 Å². The van der Waals surface area contributed by atoms with E-state index in [9.17, 15) is 8.42 Å². The van der Waals surface area contributed by atoms with Crippen molar-refractivity contribution in [3.63, 3.8) is 0 Å². The number of nitrogens with zero attached hydrogens (tertiary/aromatic N) is 3. The van der Waals surface area contributed by atoms with Gasteiger partial charge in [-0.1, -0.05) is 0 Å². The summed E-state index contributed by atoms with van der Waals surface area (Å²) < 4.78 is 24.1. The molecule has 6 heteroatoms. The Bertz CT molecular complexity index is 640. The molecule has 0 N–H and O–H groups in total. The number of rotatable bonds is 4. The summed E-state index contributed by atoms with van der Waals surface area (Å²) in [6.07, 6.45) is 3.93. The number of anilines is 1. The van der Waals surface area contributed by atoms with Crippen LogP contribution in [0.15, 0.2) is 23.4 Å². The van der Waals surface area contributed by atoms with Crippen molar-refractivity contribution in [3.8, 4) is 0 Å². The molecule has 0 bridgehead atoms. The maximum Gasteiger partial charge on any atom is 0.200 e. The van der Waals surface area contributed by atoms with Crippen LogP contribution in [0.4, 0.5) is 5.69 Å². The maximum atomic E-state index is 12.5. The van der Waals surface area contributed by atoms with Gasteiger partial charge < -0.3 is 9.80 Å². The summed E-state index contributed by atoms with van der Waals surface area (Å²) in [6.45, 7) is 11.8. The highest BCUT2D eigenvalue weighted by Gasteiger charge is 2.32. The molecule has 0 saturated carbocycles. The van der Waals surface area contributed by atoms with Crippen LogP contribution in [-0.2, 0) is 9.84 Å². The zero-order chi connectivity index (χ0) is 18.1. The second-order valence-corrected chi connectivity index (χ2v) is 10.6. The lowest BCUT2D eigenvalue weighted by Gasteiger charge is -2.39. The van der Waals surface area contributed by atoms with E-state index in [1.54, 1.807) is 33.0 Å². The summed E-state index contributed by atoms with van der Waals surface area (Å²) in [5.74, 6) is 0. The van der Waals surface area contributed by atoms with Crippen LogP contribution >= 0.6 is 0 Å². The van der Waals surface area contributed by atoms with Gasteiger partial charge >= 0.3 is 0 Å². The largest absolute Gasteiger partial charge is 0.370 e. The number of likely N-dealkylation sites (tertiary alicyclic amines) is 1. The van der Waals surface area contributed by atoms with Gasteiger partial charge in [0, 0.05) is 32.2 Å². The van der Waals surface area contributed by atoms with Gasteiger partial charge in [-0.05, 0) is 59.6 Å². The predicted molar refractivity (Wildman–Crippen MR) is 99.3 cm³/mol. The second-order valence-electron chi connectivity index (χ2n) is 7.94. The SMILES string of the molecule is CC(C)N1CCC(N(C)c2ccc(S(=O)(=O)C(C)(C)C)nc2)CC1. The minimum absolute atomic E-state index is 0.154. The zero-order valence-corrected chi connectivity index (χ0v) is 16.6. The van der Waals surface area contributed by atoms with Gasteiger partial charge in [-0.3, -0.25) is 0 Å². The van der Waals surface area contributed by atoms with Gasteiger partial charge in [0.15, 0.2) is 14.9 Å². The second kappa shape index (κ2) is 7.00. The fourth-order valence-electron chi connectivity index (χ4n) is 3.05. The molecule has 0 amide bonds. The van der Waals surface area contributed by atoms with Crippen molar-refractivity contribution in [2.45, 2.75) is 69.3 Å². The molecule has 1 aliphatic rings. The molecule has 1 aromatic heterocycles. The Morgan fingerprint density at radius 1 is 1.21 bits per heavy atom. The van der Waals surface area contributed by atoms with Crippen LogP contribution in [0.25, 0.3) is 0 Å². The van der Waals surface area contributed by atoms with Crippen molar-refractivity contribution < 1.29 is 8.42 Å². The first-order chi connectivity index (χ1) is 11.0. The normalized spacial score (nSPS) is 18.1. The lowest BCUT2D eigenvalue weighted by atomic mass is 10.0. The van der Waals surface area contributed by atoms with E-state index < -0.39 is 14.6 Å². The molecule has 0 atom stereocenters. The van der Waals surface area contributed by atoms with Crippen LogP contribution in [0.3, 0.4) is 0 Å². The Morgan fingerprint density at radius 3 is 2.21 bits per heavy atom. The number of sulfone groups is 1. The zero-order valence-electron chi connectivity index (χ0n) is 15.8. The van der Waals surface area contributed by atoms with Crippen LogP contribution in [0.5, 0.6) is 0 Å². The van der Waals surface area contributed by atoms with Crippen LogP contribution in [0.1, 0.15) is 47.5 Å². The van der Waals surface area contributed by atoms with Crippen LogP contribution in [-0.4, -0.2) is 55.3 Å². The van der Waals surface area contributed by atoms with E-state index in [0.29, 0.717) is 12.1 Å². The first-order valence-electron chi connectivity index (χ1n) is 8.71. The number of aromatic nitrogens is 1. The summed E-state index contributed by atoms with van der Waals surface area (Å²) in [7, 11) is -1.32. The van der Waals surface area contributed by atoms with Crippen molar-refractivity contribution >= 4 is 15.5 Å². The summed E-state index contributed by atoms with van der Waals surface area (Å²) in [4.78, 5) is 8.97. The Kier molecular flexibility index (Phi) is 5.60. The lowest BCUT2D eigenvalue weighted by Crippen LogP contribution is -2.45. The van der Waals surface area contributed by atoms with E-state index in [4.69, 9.17) is 0 Å². The highest BCUT2D eigenvalue weighted by molar-refractivity contribution is 7.92. The fourth-order valence-corrected chi connectivity index (χ4v) is 4.12. The maximum absolute atomic E-state index is 12.5. The smallest absolute Gasteiger partial charge is 0.200 e. The van der Waals surface area contributed by atoms with Crippen molar-refractivity contribution in [1.82, 2.24) is 9.88 Å². The topological polar surface area (TPSA) is 53.5 Å². The predicted octanol–water partition coefficient (Wildman–Crippen LogP) is 2.96. The molecule has 0 unspecified atom stereocenters. The minimum Gasteiger partial charge on any atom is -0.370 e. The lowest BCUT2D eigenvalue weighted by molar-refractivity contribution is 0.171. The highest BCUT2D eigenvalue weighted by Crippen LogP contribution is 2.26. The molecule has 2 rings (SSSR count). The molecule has 136 valence electrons. The van der Waals surface area contributed by atoms with Gasteiger partial charge in [0.05, 0.1) is 16.6 Å². The van der Waals surface area contributed by atoms with E-state index in [-0.39, 0.29) is 5.03 Å². The molecule has 24 heavy (non-hydrogen) atoms. The monoisotopic (exact) mass is 353 g/mol. The number of piperidine rings is 1. The Balaban J connectivity index is 2.09. The molecule has 0 spiro atoms. The molecule has 2 heterocycles. The molecule has 1 aromatic rings. The molecular weight excluding hydrogens is 322 g/mol. The molecule has 1 saturated heterocycles. The van der Waals surface area contributed by atoms with E-state index in [0.717, 1.165) is 31.6 Å². The summed E-state index contributed by atoms with van der Waals surface area (Å²) in [5.41, 5.74) is 0.978. The number of pyridine rings is 1. The summed E-state index contributed by atoms with van der Waals surface area (Å²) in [6, 6.07) is 4.59. The van der Waals surface area contributed by atoms with Gasteiger partial charge in [0.1, 0.15) is 0 Å². The number of hydrogen-bond donors (Lipinski definition) is 0. The third-order valence-electron chi connectivity index (χ3n) is 4.99. The first-order valence-corrected chi connectivity index (χ1v) is 10.2. The van der Waals surface area contributed by atoms with Crippen LogP contribution in [0.2, 0.25) is 0 Å². The quantitative estimate of drug-likeness (QED) is 0.833. The molecule has 0 aliphatic carbocycles. The van der Waals surface area contributed by atoms with Crippen molar-refractivity contribution in [1.29, 1.82) is 0 Å². The summed E-state index contributed by atoms with van der Waals surface area (Å²) in [5, 5.41) is 0.154. The van der Waals surface area contributed by atoms with Crippen LogP contribution < -0.4 is 4.90 Å². The standard InChI is InChI=1S/C18H31N3O2S/c1-14(2)21-11-9-15(10-12-21)20(6)16-7-8-17(19-13-16)24(22,23)18(3,4)5/h7-8,13-15H,9-12H2,1-6H3.